The molecule has 2 rings (SSSR count). The molecule has 0 unspecified atom stereocenters. The molecule has 160 valence electrons. The molecule has 0 saturated carbocycles. The fraction of sp³-hybridized carbons (Fsp3) is 0.300. The van der Waals surface area contributed by atoms with Crippen LogP contribution in [0, 0.1) is 6.92 Å². The smallest absolute Gasteiger partial charge is 0.348 e. The SMILES string of the molecule is COC(=O)c1sc(NC(=O)COc2ccc(C(C)=O)cc2OC)c(C(=O)OC)c1C. The van der Waals surface area contributed by atoms with Crippen molar-refractivity contribution >= 4 is 40.0 Å². The van der Waals surface area contributed by atoms with Crippen molar-refractivity contribution in [1.29, 1.82) is 0 Å². The number of carbonyl (C=O) groups excluding carboxylic acids is 4. The number of benzene rings is 1. The third kappa shape index (κ3) is 4.95. The minimum Gasteiger partial charge on any atom is -0.493 e. The maximum atomic E-state index is 12.4. The van der Waals surface area contributed by atoms with Gasteiger partial charge in [0.15, 0.2) is 23.9 Å². The number of ether oxygens (including phenoxy) is 4. The lowest BCUT2D eigenvalue weighted by molar-refractivity contribution is -0.118. The summed E-state index contributed by atoms with van der Waals surface area (Å²) < 4.78 is 20.1. The summed E-state index contributed by atoms with van der Waals surface area (Å²) in [6.07, 6.45) is 0. The third-order valence-corrected chi connectivity index (χ3v) is 5.28. The molecule has 1 heterocycles. The second-order valence-electron chi connectivity index (χ2n) is 6.00. The highest BCUT2D eigenvalue weighted by Crippen LogP contribution is 2.34. The summed E-state index contributed by atoms with van der Waals surface area (Å²) in [6.45, 7) is 2.58. The zero-order valence-electron chi connectivity index (χ0n) is 17.1. The van der Waals surface area contributed by atoms with Crippen LogP contribution in [0.1, 0.15) is 42.9 Å². The van der Waals surface area contributed by atoms with Gasteiger partial charge in [-0.1, -0.05) is 0 Å². The quantitative estimate of drug-likeness (QED) is 0.497. The molecule has 0 saturated heterocycles. The number of carbonyl (C=O) groups is 4. The summed E-state index contributed by atoms with van der Waals surface area (Å²) in [5, 5.41) is 2.70. The maximum Gasteiger partial charge on any atom is 0.348 e. The van der Waals surface area contributed by atoms with Crippen LogP contribution in [0.3, 0.4) is 0 Å². The second-order valence-corrected chi connectivity index (χ2v) is 7.02. The van der Waals surface area contributed by atoms with E-state index in [2.05, 4.69) is 5.32 Å². The average Bonchev–Trinajstić information content (AvgIpc) is 3.06. The van der Waals surface area contributed by atoms with Crippen LogP contribution < -0.4 is 14.8 Å². The van der Waals surface area contributed by atoms with Crippen LogP contribution in [0.4, 0.5) is 5.00 Å². The molecule has 30 heavy (non-hydrogen) atoms. The first-order valence-electron chi connectivity index (χ1n) is 8.65. The molecule has 1 amide bonds. The molecule has 0 aliphatic carbocycles. The Balaban J connectivity index is 2.20. The molecule has 0 atom stereocenters. The number of methoxy groups -OCH3 is 3. The van der Waals surface area contributed by atoms with Crippen molar-refractivity contribution in [3.8, 4) is 11.5 Å². The highest BCUT2D eigenvalue weighted by molar-refractivity contribution is 7.18. The van der Waals surface area contributed by atoms with Gasteiger partial charge in [0.05, 0.1) is 26.9 Å². The monoisotopic (exact) mass is 435 g/mol. The van der Waals surface area contributed by atoms with Crippen molar-refractivity contribution in [3.05, 3.63) is 39.8 Å². The molecular formula is C20H21NO8S. The van der Waals surface area contributed by atoms with Gasteiger partial charge in [0.2, 0.25) is 0 Å². The van der Waals surface area contributed by atoms with Gasteiger partial charge in [-0.2, -0.15) is 0 Å². The maximum absolute atomic E-state index is 12.4. The minimum absolute atomic E-state index is 0.0691. The van der Waals surface area contributed by atoms with Gasteiger partial charge in [0.25, 0.3) is 5.91 Å². The number of rotatable bonds is 8. The predicted octanol–water partition coefficient (Wildman–Crippen LogP) is 2.86. The lowest BCUT2D eigenvalue weighted by atomic mass is 10.1. The van der Waals surface area contributed by atoms with E-state index in [-0.39, 0.29) is 27.0 Å². The van der Waals surface area contributed by atoms with E-state index in [9.17, 15) is 19.2 Å². The molecular weight excluding hydrogens is 414 g/mol. The highest BCUT2D eigenvalue weighted by atomic mass is 32.1. The van der Waals surface area contributed by atoms with E-state index in [1.807, 2.05) is 0 Å². The Kier molecular flexibility index (Phi) is 7.54. The summed E-state index contributed by atoms with van der Waals surface area (Å²) >= 11 is 0.900. The Bertz CT molecular complexity index is 995. The molecule has 0 fully saturated rings. The van der Waals surface area contributed by atoms with E-state index in [4.69, 9.17) is 18.9 Å². The van der Waals surface area contributed by atoms with Crippen LogP contribution in [0.25, 0.3) is 0 Å². The molecule has 0 radical (unpaired) electrons. The normalized spacial score (nSPS) is 10.2. The second kappa shape index (κ2) is 9.88. The Morgan fingerprint density at radius 1 is 1.00 bits per heavy atom. The van der Waals surface area contributed by atoms with E-state index >= 15 is 0 Å². The van der Waals surface area contributed by atoms with Gasteiger partial charge in [0, 0.05) is 5.56 Å². The van der Waals surface area contributed by atoms with Crippen LogP contribution in [-0.2, 0) is 14.3 Å². The first kappa shape index (κ1) is 22.9. The number of hydrogen-bond acceptors (Lipinski definition) is 9. The van der Waals surface area contributed by atoms with Crippen molar-refractivity contribution in [1.82, 2.24) is 0 Å². The van der Waals surface area contributed by atoms with Gasteiger partial charge in [-0.05, 0) is 37.6 Å². The molecule has 1 N–H and O–H groups in total. The van der Waals surface area contributed by atoms with E-state index in [0.717, 1.165) is 11.3 Å². The molecule has 2 aromatic rings. The number of esters is 2. The summed E-state index contributed by atoms with van der Waals surface area (Å²) in [7, 11) is 3.83. The van der Waals surface area contributed by atoms with Crippen LogP contribution in [-0.4, -0.2) is 51.6 Å². The van der Waals surface area contributed by atoms with E-state index in [1.165, 1.54) is 40.4 Å². The largest absolute Gasteiger partial charge is 0.493 e. The van der Waals surface area contributed by atoms with Crippen LogP contribution >= 0.6 is 11.3 Å². The van der Waals surface area contributed by atoms with Crippen molar-refractivity contribution in [2.45, 2.75) is 13.8 Å². The van der Waals surface area contributed by atoms with Crippen LogP contribution in [0.5, 0.6) is 11.5 Å². The number of hydrogen-bond donors (Lipinski definition) is 1. The van der Waals surface area contributed by atoms with Gasteiger partial charge in [-0.3, -0.25) is 9.59 Å². The number of anilines is 1. The Morgan fingerprint density at radius 2 is 1.67 bits per heavy atom. The molecule has 9 nitrogen and oxygen atoms in total. The molecule has 0 bridgehead atoms. The first-order chi connectivity index (χ1) is 14.2. The highest BCUT2D eigenvalue weighted by Gasteiger charge is 2.26. The van der Waals surface area contributed by atoms with Crippen molar-refractivity contribution in [2.24, 2.45) is 0 Å². The summed E-state index contributed by atoms with van der Waals surface area (Å²) in [5.41, 5.74) is 0.854. The zero-order chi connectivity index (χ0) is 22.4. The van der Waals surface area contributed by atoms with Gasteiger partial charge in [-0.25, -0.2) is 9.59 Å². The summed E-state index contributed by atoms with van der Waals surface area (Å²) in [6, 6.07) is 4.59. The van der Waals surface area contributed by atoms with Crippen LogP contribution in [0.15, 0.2) is 18.2 Å². The van der Waals surface area contributed by atoms with E-state index in [0.29, 0.717) is 16.9 Å². The van der Waals surface area contributed by atoms with Crippen molar-refractivity contribution in [2.75, 3.05) is 33.3 Å². The lowest BCUT2D eigenvalue weighted by Crippen LogP contribution is -2.21. The molecule has 10 heteroatoms. The standard InChI is InChI=1S/C20H21NO8S/c1-10-16(19(24)27-4)18(30-17(10)20(25)28-5)21-15(23)9-29-13-7-6-12(11(2)22)8-14(13)26-3/h6-8H,9H2,1-5H3,(H,21,23). The first-order valence-corrected chi connectivity index (χ1v) is 9.46. The van der Waals surface area contributed by atoms with Crippen molar-refractivity contribution < 1.29 is 38.1 Å². The number of thiophene rings is 1. The van der Waals surface area contributed by atoms with Gasteiger partial charge >= 0.3 is 11.9 Å². The Hall–Kier alpha value is -3.40. The number of ketones is 1. The topological polar surface area (TPSA) is 117 Å². The summed E-state index contributed by atoms with van der Waals surface area (Å²) in [5.74, 6) is -1.47. The number of nitrogens with one attached hydrogen (secondary N) is 1. The number of amides is 1. The van der Waals surface area contributed by atoms with Crippen LogP contribution in [0.2, 0.25) is 0 Å². The summed E-state index contributed by atoms with van der Waals surface area (Å²) in [4.78, 5) is 48.1. The van der Waals surface area contributed by atoms with Gasteiger partial charge < -0.3 is 24.3 Å². The van der Waals surface area contributed by atoms with Gasteiger partial charge in [-0.15, -0.1) is 11.3 Å². The fourth-order valence-corrected chi connectivity index (χ4v) is 3.68. The van der Waals surface area contributed by atoms with Gasteiger partial charge in [0.1, 0.15) is 9.88 Å². The zero-order valence-corrected chi connectivity index (χ0v) is 17.9. The molecule has 1 aromatic heterocycles. The lowest BCUT2D eigenvalue weighted by Gasteiger charge is -2.11. The Labute approximate surface area is 176 Å². The van der Waals surface area contributed by atoms with E-state index in [1.54, 1.807) is 13.0 Å². The Morgan fingerprint density at radius 3 is 2.23 bits per heavy atom. The molecule has 1 aromatic carbocycles. The third-order valence-electron chi connectivity index (χ3n) is 4.09. The molecule has 0 spiro atoms. The van der Waals surface area contributed by atoms with E-state index < -0.39 is 24.5 Å². The van der Waals surface area contributed by atoms with Crippen molar-refractivity contribution in [3.63, 3.8) is 0 Å². The fourth-order valence-electron chi connectivity index (χ4n) is 2.55. The average molecular weight is 435 g/mol. The molecule has 0 aliphatic heterocycles. The minimum atomic E-state index is -0.698. The number of Topliss-reactive ketones (excluding diaryl/α,β-unsaturated/α-hetero) is 1. The predicted molar refractivity (Wildman–Crippen MR) is 109 cm³/mol. The molecule has 0 aliphatic rings.